The molecule has 104 valence electrons. The van der Waals surface area contributed by atoms with Gasteiger partial charge in [-0.1, -0.05) is 23.8 Å². The highest BCUT2D eigenvalue weighted by Gasteiger charge is 2.15. The van der Waals surface area contributed by atoms with Crippen LogP contribution in [0.25, 0.3) is 0 Å². The number of nitrogens with one attached hydrogen (secondary N) is 1. The molecule has 4 nitrogen and oxygen atoms in total. The molecule has 0 spiro atoms. The second-order valence-electron chi connectivity index (χ2n) is 4.66. The van der Waals surface area contributed by atoms with Crippen LogP contribution >= 0.6 is 0 Å². The molecule has 4 heteroatoms. The van der Waals surface area contributed by atoms with Crippen molar-refractivity contribution in [2.24, 2.45) is 0 Å². The first-order chi connectivity index (χ1) is 9.61. The minimum Gasteiger partial charge on any atom is -0.496 e. The van der Waals surface area contributed by atoms with Crippen molar-refractivity contribution in [2.75, 3.05) is 7.11 Å². The van der Waals surface area contributed by atoms with Crippen molar-refractivity contribution >= 4 is 5.91 Å². The Balaban J connectivity index is 2.18. The van der Waals surface area contributed by atoms with Gasteiger partial charge < -0.3 is 10.1 Å². The third kappa shape index (κ3) is 3.15. The maximum atomic E-state index is 12.1. The molecule has 1 unspecified atom stereocenters. The van der Waals surface area contributed by atoms with Crippen molar-refractivity contribution in [1.29, 1.82) is 0 Å². The number of amides is 1. The Kier molecular flexibility index (Phi) is 4.35. The van der Waals surface area contributed by atoms with E-state index in [4.69, 9.17) is 4.74 Å². The first kappa shape index (κ1) is 14.1. The molecule has 1 N–H and O–H groups in total. The Morgan fingerprint density at radius 1 is 1.30 bits per heavy atom. The molecular weight excluding hydrogens is 252 g/mol. The fourth-order valence-electron chi connectivity index (χ4n) is 2.04. The number of carbonyl (C=O) groups is 1. The van der Waals surface area contributed by atoms with Gasteiger partial charge in [0.15, 0.2) is 0 Å². The summed E-state index contributed by atoms with van der Waals surface area (Å²) in [6.07, 6.45) is 1.60. The molecule has 0 saturated heterocycles. The van der Waals surface area contributed by atoms with E-state index in [1.807, 2.05) is 32.0 Å². The molecule has 2 aromatic rings. The summed E-state index contributed by atoms with van der Waals surface area (Å²) in [4.78, 5) is 16.1. The van der Waals surface area contributed by atoms with Gasteiger partial charge in [0.2, 0.25) is 0 Å². The summed E-state index contributed by atoms with van der Waals surface area (Å²) < 4.78 is 5.34. The van der Waals surface area contributed by atoms with E-state index in [-0.39, 0.29) is 11.9 Å². The van der Waals surface area contributed by atoms with Crippen LogP contribution in [0.5, 0.6) is 5.75 Å². The predicted octanol–water partition coefficient (Wildman–Crippen LogP) is 2.89. The zero-order valence-corrected chi connectivity index (χ0v) is 11.9. The van der Waals surface area contributed by atoms with Gasteiger partial charge in [0.1, 0.15) is 11.4 Å². The SMILES string of the molecule is COc1ccc(C)cc1C(C)NC(=O)c1ccccn1. The molecule has 0 aliphatic carbocycles. The second-order valence-corrected chi connectivity index (χ2v) is 4.66. The van der Waals surface area contributed by atoms with Crippen molar-refractivity contribution in [1.82, 2.24) is 10.3 Å². The quantitative estimate of drug-likeness (QED) is 0.929. The van der Waals surface area contributed by atoms with Crippen LogP contribution in [0.1, 0.15) is 34.6 Å². The largest absolute Gasteiger partial charge is 0.496 e. The van der Waals surface area contributed by atoms with Crippen LogP contribution in [0.2, 0.25) is 0 Å². The van der Waals surface area contributed by atoms with E-state index in [2.05, 4.69) is 10.3 Å². The number of hydrogen-bond acceptors (Lipinski definition) is 3. The number of carbonyl (C=O) groups excluding carboxylic acids is 1. The molecule has 1 heterocycles. The Labute approximate surface area is 118 Å². The Bertz CT molecular complexity index is 597. The van der Waals surface area contributed by atoms with Gasteiger partial charge in [-0.05, 0) is 32.0 Å². The number of rotatable bonds is 4. The number of hydrogen-bond donors (Lipinski definition) is 1. The van der Waals surface area contributed by atoms with Crippen molar-refractivity contribution in [3.63, 3.8) is 0 Å². The summed E-state index contributed by atoms with van der Waals surface area (Å²) >= 11 is 0. The molecule has 1 aromatic heterocycles. The molecule has 0 aliphatic rings. The van der Waals surface area contributed by atoms with Crippen LogP contribution in [0.4, 0.5) is 0 Å². The van der Waals surface area contributed by atoms with Crippen LogP contribution in [0.15, 0.2) is 42.6 Å². The molecule has 0 aliphatic heterocycles. The molecule has 1 atom stereocenters. The van der Waals surface area contributed by atoms with Crippen LogP contribution in [0, 0.1) is 6.92 Å². The second kappa shape index (κ2) is 6.19. The van der Waals surface area contributed by atoms with Gasteiger partial charge in [0.25, 0.3) is 5.91 Å². The van der Waals surface area contributed by atoms with E-state index in [1.54, 1.807) is 31.5 Å². The fraction of sp³-hybridized carbons (Fsp3) is 0.250. The molecule has 1 aromatic carbocycles. The van der Waals surface area contributed by atoms with Crippen LogP contribution in [-0.4, -0.2) is 18.0 Å². The van der Waals surface area contributed by atoms with E-state index in [1.165, 1.54) is 0 Å². The topological polar surface area (TPSA) is 51.2 Å². The van der Waals surface area contributed by atoms with Gasteiger partial charge in [-0.2, -0.15) is 0 Å². The summed E-state index contributed by atoms with van der Waals surface area (Å²) in [5.41, 5.74) is 2.49. The highest BCUT2D eigenvalue weighted by Crippen LogP contribution is 2.26. The Morgan fingerprint density at radius 2 is 2.10 bits per heavy atom. The van der Waals surface area contributed by atoms with Gasteiger partial charge in [0, 0.05) is 11.8 Å². The number of nitrogens with zero attached hydrogens (tertiary/aromatic N) is 1. The Morgan fingerprint density at radius 3 is 2.75 bits per heavy atom. The number of aryl methyl sites for hydroxylation is 1. The molecule has 2 rings (SSSR count). The van der Waals surface area contributed by atoms with Gasteiger partial charge in [-0.3, -0.25) is 9.78 Å². The van der Waals surface area contributed by atoms with E-state index >= 15 is 0 Å². The van der Waals surface area contributed by atoms with Crippen LogP contribution in [0.3, 0.4) is 0 Å². The minimum atomic E-state index is -0.193. The molecular formula is C16H18N2O2. The summed E-state index contributed by atoms with van der Waals surface area (Å²) in [5.74, 6) is 0.575. The first-order valence-corrected chi connectivity index (χ1v) is 6.48. The van der Waals surface area contributed by atoms with Gasteiger partial charge in [0.05, 0.1) is 13.2 Å². The van der Waals surface area contributed by atoms with Crippen molar-refractivity contribution < 1.29 is 9.53 Å². The number of benzene rings is 1. The van der Waals surface area contributed by atoms with Crippen LogP contribution < -0.4 is 10.1 Å². The normalized spacial score (nSPS) is 11.8. The third-order valence-electron chi connectivity index (χ3n) is 3.10. The summed E-state index contributed by atoms with van der Waals surface area (Å²) in [6, 6.07) is 11.0. The summed E-state index contributed by atoms with van der Waals surface area (Å²) in [7, 11) is 1.63. The van der Waals surface area contributed by atoms with Gasteiger partial charge >= 0.3 is 0 Å². The highest BCUT2D eigenvalue weighted by atomic mass is 16.5. The molecule has 20 heavy (non-hydrogen) atoms. The van der Waals surface area contributed by atoms with Crippen molar-refractivity contribution in [3.8, 4) is 5.75 Å². The summed E-state index contributed by atoms with van der Waals surface area (Å²) in [6.45, 7) is 3.94. The van der Waals surface area contributed by atoms with Crippen molar-refractivity contribution in [2.45, 2.75) is 19.9 Å². The Hall–Kier alpha value is -2.36. The summed E-state index contributed by atoms with van der Waals surface area (Å²) in [5, 5.41) is 2.93. The molecule has 0 fully saturated rings. The molecule has 0 radical (unpaired) electrons. The maximum absolute atomic E-state index is 12.1. The van der Waals surface area contributed by atoms with Gasteiger partial charge in [-0.15, -0.1) is 0 Å². The van der Waals surface area contributed by atoms with E-state index in [0.717, 1.165) is 16.9 Å². The minimum absolute atomic E-state index is 0.153. The first-order valence-electron chi connectivity index (χ1n) is 6.48. The average Bonchev–Trinajstić information content (AvgIpc) is 2.48. The van der Waals surface area contributed by atoms with Crippen molar-refractivity contribution in [3.05, 3.63) is 59.4 Å². The van der Waals surface area contributed by atoms with E-state index < -0.39 is 0 Å². The predicted molar refractivity (Wildman–Crippen MR) is 77.8 cm³/mol. The standard InChI is InChI=1S/C16H18N2O2/c1-11-7-8-15(20-3)13(10-11)12(2)18-16(19)14-6-4-5-9-17-14/h4-10,12H,1-3H3,(H,18,19). The fourth-order valence-corrected chi connectivity index (χ4v) is 2.04. The lowest BCUT2D eigenvalue weighted by Crippen LogP contribution is -2.27. The zero-order chi connectivity index (χ0) is 14.5. The van der Waals surface area contributed by atoms with E-state index in [9.17, 15) is 4.79 Å². The monoisotopic (exact) mass is 270 g/mol. The third-order valence-corrected chi connectivity index (χ3v) is 3.10. The van der Waals surface area contributed by atoms with E-state index in [0.29, 0.717) is 5.69 Å². The smallest absolute Gasteiger partial charge is 0.270 e. The number of methoxy groups -OCH3 is 1. The lowest BCUT2D eigenvalue weighted by atomic mass is 10.0. The number of ether oxygens (including phenoxy) is 1. The molecule has 0 bridgehead atoms. The zero-order valence-electron chi connectivity index (χ0n) is 11.9. The average molecular weight is 270 g/mol. The lowest BCUT2D eigenvalue weighted by Gasteiger charge is -2.17. The molecule has 1 amide bonds. The van der Waals surface area contributed by atoms with Crippen LogP contribution in [-0.2, 0) is 0 Å². The highest BCUT2D eigenvalue weighted by molar-refractivity contribution is 5.92. The maximum Gasteiger partial charge on any atom is 0.270 e. The molecule has 0 saturated carbocycles. The van der Waals surface area contributed by atoms with Gasteiger partial charge in [-0.25, -0.2) is 0 Å². The lowest BCUT2D eigenvalue weighted by molar-refractivity contribution is 0.0934. The number of pyridine rings is 1. The number of aromatic nitrogens is 1.